The summed E-state index contributed by atoms with van der Waals surface area (Å²) >= 11 is 0. The average molecular weight is 247 g/mol. The number of hydrogen-bond donors (Lipinski definition) is 1. The van der Waals surface area contributed by atoms with Crippen LogP contribution in [0.1, 0.15) is 17.5 Å². The van der Waals surface area contributed by atoms with E-state index in [1.54, 1.807) is 13.1 Å². The van der Waals surface area contributed by atoms with Gasteiger partial charge >= 0.3 is 6.18 Å². The fraction of sp³-hybridized carbons (Fsp3) is 0.333. The maximum Gasteiger partial charge on any atom is 0.416 e. The van der Waals surface area contributed by atoms with Crippen molar-refractivity contribution in [1.29, 1.82) is 0 Å². The van der Waals surface area contributed by atoms with Crippen molar-refractivity contribution in [3.05, 3.63) is 41.2 Å². The van der Waals surface area contributed by atoms with Crippen LogP contribution in [0.4, 0.5) is 17.6 Å². The Morgan fingerprint density at radius 3 is 2.59 bits per heavy atom. The second kappa shape index (κ2) is 5.82. The second-order valence-corrected chi connectivity index (χ2v) is 3.52. The number of rotatable bonds is 4. The van der Waals surface area contributed by atoms with Crippen LogP contribution in [0.3, 0.4) is 0 Å². The minimum Gasteiger partial charge on any atom is -0.319 e. The Kier molecular flexibility index (Phi) is 4.69. The van der Waals surface area contributed by atoms with Crippen LogP contribution in [0.25, 0.3) is 6.08 Å². The van der Waals surface area contributed by atoms with Crippen molar-refractivity contribution in [3.8, 4) is 0 Å². The Bertz CT molecular complexity index is 396. The highest BCUT2D eigenvalue weighted by Crippen LogP contribution is 2.32. The van der Waals surface area contributed by atoms with Crippen molar-refractivity contribution < 1.29 is 17.6 Å². The van der Waals surface area contributed by atoms with Gasteiger partial charge in [0.25, 0.3) is 0 Å². The molecule has 17 heavy (non-hydrogen) atoms. The predicted octanol–water partition coefficient (Wildman–Crippen LogP) is 3.47. The Morgan fingerprint density at radius 2 is 2.00 bits per heavy atom. The minimum absolute atomic E-state index is 0.145. The molecule has 0 aliphatic carbocycles. The quantitative estimate of drug-likeness (QED) is 0.634. The molecule has 0 aliphatic rings. The van der Waals surface area contributed by atoms with Gasteiger partial charge in [0, 0.05) is 0 Å². The Morgan fingerprint density at radius 1 is 1.29 bits per heavy atom. The summed E-state index contributed by atoms with van der Waals surface area (Å²) in [6.45, 7) is 0.660. The maximum absolute atomic E-state index is 12.9. The molecule has 94 valence electrons. The fourth-order valence-electron chi connectivity index (χ4n) is 1.37. The average Bonchev–Trinajstić information content (AvgIpc) is 2.23. The molecule has 0 aliphatic heterocycles. The van der Waals surface area contributed by atoms with Gasteiger partial charge in [0.2, 0.25) is 0 Å². The lowest BCUT2D eigenvalue weighted by molar-refractivity contribution is -0.137. The smallest absolute Gasteiger partial charge is 0.319 e. The number of nitrogens with one attached hydrogen (secondary N) is 1. The van der Waals surface area contributed by atoms with Gasteiger partial charge in [-0.1, -0.05) is 12.2 Å². The predicted molar refractivity (Wildman–Crippen MR) is 59.0 cm³/mol. The van der Waals surface area contributed by atoms with Crippen molar-refractivity contribution in [1.82, 2.24) is 5.32 Å². The van der Waals surface area contributed by atoms with Gasteiger partial charge in [0.05, 0.1) is 5.56 Å². The molecular formula is C12H13F4N. The van der Waals surface area contributed by atoms with E-state index in [9.17, 15) is 17.6 Å². The van der Waals surface area contributed by atoms with Gasteiger partial charge in [-0.15, -0.1) is 0 Å². The molecule has 1 N–H and O–H groups in total. The van der Waals surface area contributed by atoms with Crippen LogP contribution in [0.5, 0.6) is 0 Å². The zero-order valence-electron chi connectivity index (χ0n) is 9.31. The summed E-state index contributed by atoms with van der Waals surface area (Å²) in [5, 5.41) is 2.86. The van der Waals surface area contributed by atoms with E-state index in [0.29, 0.717) is 13.0 Å². The summed E-state index contributed by atoms with van der Waals surface area (Å²) < 4.78 is 50.7. The van der Waals surface area contributed by atoms with Crippen LogP contribution >= 0.6 is 0 Å². The molecule has 0 saturated carbocycles. The molecule has 1 nitrogen and oxygen atoms in total. The zero-order chi connectivity index (χ0) is 12.9. The molecule has 0 bridgehead atoms. The number of alkyl halides is 3. The third-order valence-electron chi connectivity index (χ3n) is 2.18. The first-order valence-electron chi connectivity index (χ1n) is 5.13. The third kappa shape index (κ3) is 4.19. The van der Waals surface area contributed by atoms with E-state index >= 15 is 0 Å². The van der Waals surface area contributed by atoms with Crippen LogP contribution in [0.2, 0.25) is 0 Å². The molecule has 1 rings (SSSR count). The van der Waals surface area contributed by atoms with Crippen molar-refractivity contribution in [3.63, 3.8) is 0 Å². The molecule has 0 aromatic heterocycles. The van der Waals surface area contributed by atoms with Gasteiger partial charge in [-0.25, -0.2) is 4.39 Å². The Labute approximate surface area is 97.1 Å². The molecule has 0 radical (unpaired) electrons. The molecule has 0 heterocycles. The molecule has 0 amide bonds. The van der Waals surface area contributed by atoms with Gasteiger partial charge in [-0.3, -0.25) is 0 Å². The van der Waals surface area contributed by atoms with E-state index in [1.165, 1.54) is 6.08 Å². The summed E-state index contributed by atoms with van der Waals surface area (Å²) in [4.78, 5) is 0. The molecule has 0 spiro atoms. The normalized spacial score (nSPS) is 12.3. The lowest BCUT2D eigenvalue weighted by Gasteiger charge is -2.10. The number of benzene rings is 1. The van der Waals surface area contributed by atoms with Crippen molar-refractivity contribution in [2.45, 2.75) is 12.6 Å². The second-order valence-electron chi connectivity index (χ2n) is 3.52. The summed E-state index contributed by atoms with van der Waals surface area (Å²) in [5.41, 5.74) is -0.965. The lowest BCUT2D eigenvalue weighted by atomic mass is 10.1. The SMILES string of the molecule is CNCCC=Cc1cc(F)ccc1C(F)(F)F. The summed E-state index contributed by atoms with van der Waals surface area (Å²) in [6.07, 6.45) is -0.996. The van der Waals surface area contributed by atoms with E-state index in [-0.39, 0.29) is 5.56 Å². The van der Waals surface area contributed by atoms with Crippen molar-refractivity contribution >= 4 is 6.08 Å². The zero-order valence-corrected chi connectivity index (χ0v) is 9.31. The number of hydrogen-bond acceptors (Lipinski definition) is 1. The molecule has 1 aromatic rings. The van der Waals surface area contributed by atoms with Gasteiger partial charge in [-0.05, 0) is 43.8 Å². The molecule has 0 atom stereocenters. The van der Waals surface area contributed by atoms with E-state index in [0.717, 1.165) is 18.2 Å². The van der Waals surface area contributed by atoms with E-state index in [4.69, 9.17) is 0 Å². The molecule has 1 aromatic carbocycles. The largest absolute Gasteiger partial charge is 0.416 e. The summed E-state index contributed by atoms with van der Waals surface area (Å²) in [5.74, 6) is -0.675. The van der Waals surface area contributed by atoms with Crippen LogP contribution in [0.15, 0.2) is 24.3 Å². The van der Waals surface area contributed by atoms with Gasteiger partial charge in [-0.2, -0.15) is 13.2 Å². The first-order chi connectivity index (χ1) is 7.95. The van der Waals surface area contributed by atoms with E-state index < -0.39 is 17.6 Å². The maximum atomic E-state index is 12.9. The monoisotopic (exact) mass is 247 g/mol. The lowest BCUT2D eigenvalue weighted by Crippen LogP contribution is -2.08. The van der Waals surface area contributed by atoms with Crippen LogP contribution in [-0.4, -0.2) is 13.6 Å². The Hall–Kier alpha value is -1.36. The molecular weight excluding hydrogens is 234 g/mol. The van der Waals surface area contributed by atoms with Gasteiger partial charge in [0.1, 0.15) is 5.82 Å². The topological polar surface area (TPSA) is 12.0 Å². The number of halogens is 4. The summed E-state index contributed by atoms with van der Waals surface area (Å²) in [7, 11) is 1.75. The highest BCUT2D eigenvalue weighted by molar-refractivity contribution is 5.54. The van der Waals surface area contributed by atoms with E-state index in [1.807, 2.05) is 0 Å². The van der Waals surface area contributed by atoms with Crippen LogP contribution in [-0.2, 0) is 6.18 Å². The van der Waals surface area contributed by atoms with Crippen molar-refractivity contribution in [2.24, 2.45) is 0 Å². The fourth-order valence-corrected chi connectivity index (χ4v) is 1.37. The first kappa shape index (κ1) is 13.7. The van der Waals surface area contributed by atoms with Crippen molar-refractivity contribution in [2.75, 3.05) is 13.6 Å². The minimum atomic E-state index is -4.46. The van der Waals surface area contributed by atoms with Gasteiger partial charge < -0.3 is 5.32 Å². The molecule has 5 heteroatoms. The highest BCUT2D eigenvalue weighted by Gasteiger charge is 2.32. The van der Waals surface area contributed by atoms with Gasteiger partial charge in [0.15, 0.2) is 0 Å². The molecule has 0 fully saturated rings. The molecule has 0 saturated heterocycles. The standard InChI is InChI=1S/C12H13F4N/c1-17-7-3-2-4-9-8-10(13)5-6-11(9)12(14,15)16/h2,4-6,8,17H,3,7H2,1H3. The molecule has 0 unspecified atom stereocenters. The first-order valence-corrected chi connectivity index (χ1v) is 5.13. The van der Waals surface area contributed by atoms with Crippen LogP contribution < -0.4 is 5.32 Å². The highest BCUT2D eigenvalue weighted by atomic mass is 19.4. The summed E-state index contributed by atoms with van der Waals surface area (Å²) in [6, 6.07) is 2.46. The third-order valence-corrected chi connectivity index (χ3v) is 2.18. The van der Waals surface area contributed by atoms with E-state index in [2.05, 4.69) is 5.32 Å². The van der Waals surface area contributed by atoms with Crippen LogP contribution in [0, 0.1) is 5.82 Å². The Balaban J connectivity index is 2.96.